The van der Waals surface area contributed by atoms with Gasteiger partial charge in [-0.3, -0.25) is 14.1 Å². The van der Waals surface area contributed by atoms with E-state index in [0.29, 0.717) is 27.8 Å². The number of hydrogen-bond donors (Lipinski definition) is 2. The molecule has 6 nitrogen and oxygen atoms in total. The first-order valence-corrected chi connectivity index (χ1v) is 9.91. The van der Waals surface area contributed by atoms with Gasteiger partial charge in [0, 0.05) is 38.9 Å². The van der Waals surface area contributed by atoms with Gasteiger partial charge in [-0.05, 0) is 34.5 Å². The fourth-order valence-electron chi connectivity index (χ4n) is 3.53. The SMILES string of the molecule is CC(=O)C1=C2c3ccccc3C(=O)c3c(Br)cc(S(=O)(=O)O)c(c32)NC1.[Na+]. The average molecular weight is 457 g/mol. The minimum Gasteiger partial charge on any atom is -0.379 e. The number of carbonyl (C=O) groups excluding carboxylic acids is 2. The molecule has 1 heterocycles. The fourth-order valence-corrected chi connectivity index (χ4v) is 4.98. The van der Waals surface area contributed by atoms with Crippen LogP contribution in [0.25, 0.3) is 5.57 Å². The predicted octanol–water partition coefficient (Wildman–Crippen LogP) is 0.0606. The Morgan fingerprint density at radius 3 is 2.41 bits per heavy atom. The van der Waals surface area contributed by atoms with Crippen LogP contribution < -0.4 is 34.9 Å². The van der Waals surface area contributed by atoms with E-state index in [4.69, 9.17) is 0 Å². The molecule has 2 N–H and O–H groups in total. The molecule has 0 bridgehead atoms. The Kier molecular flexibility index (Phi) is 5.26. The molecule has 0 atom stereocenters. The molecule has 1 aliphatic heterocycles. The molecule has 132 valence electrons. The first-order valence-electron chi connectivity index (χ1n) is 7.68. The zero-order valence-electron chi connectivity index (χ0n) is 14.5. The summed E-state index contributed by atoms with van der Waals surface area (Å²) >= 11 is 3.26. The summed E-state index contributed by atoms with van der Waals surface area (Å²) < 4.78 is 33.6. The van der Waals surface area contributed by atoms with Crippen LogP contribution in [0.1, 0.15) is 34.0 Å². The number of rotatable bonds is 2. The summed E-state index contributed by atoms with van der Waals surface area (Å²) in [7, 11) is -4.53. The van der Waals surface area contributed by atoms with Crippen LogP contribution in [0.2, 0.25) is 0 Å². The number of hydrogen-bond acceptors (Lipinski definition) is 5. The van der Waals surface area contributed by atoms with Crippen molar-refractivity contribution in [2.75, 3.05) is 11.9 Å². The molecule has 27 heavy (non-hydrogen) atoms. The molecule has 0 saturated heterocycles. The van der Waals surface area contributed by atoms with Crippen LogP contribution in [0.4, 0.5) is 5.69 Å². The third-order valence-electron chi connectivity index (χ3n) is 4.61. The van der Waals surface area contributed by atoms with Gasteiger partial charge in [0.2, 0.25) is 0 Å². The van der Waals surface area contributed by atoms with Crippen LogP contribution in [-0.4, -0.2) is 31.1 Å². The quantitative estimate of drug-likeness (QED) is 0.417. The Hall–Kier alpha value is -1.29. The van der Waals surface area contributed by atoms with Crippen LogP contribution in [0.5, 0.6) is 0 Å². The summed E-state index contributed by atoms with van der Waals surface area (Å²) in [6.45, 7) is 1.53. The molecule has 0 radical (unpaired) electrons. The first-order chi connectivity index (χ1) is 12.2. The standard InChI is InChI=1S/C18H12BrNO5S.Na/c1-8(21)11-7-20-17-13(26(23,24)25)6-12(19)15-16(17)14(11)9-4-2-3-5-10(9)18(15)22;/h2-6,20H,7H2,1H3,(H,23,24,25);/q;+1. The van der Waals surface area contributed by atoms with Crippen molar-refractivity contribution < 1.29 is 52.1 Å². The molecule has 4 rings (SSSR count). The van der Waals surface area contributed by atoms with Crippen molar-refractivity contribution >= 4 is 48.9 Å². The monoisotopic (exact) mass is 456 g/mol. The first kappa shape index (κ1) is 20.4. The molecule has 2 aliphatic rings. The summed E-state index contributed by atoms with van der Waals surface area (Å²) in [5, 5.41) is 2.90. The number of benzene rings is 2. The second-order valence-electron chi connectivity index (χ2n) is 6.09. The van der Waals surface area contributed by atoms with Gasteiger partial charge in [0.05, 0.1) is 5.69 Å². The van der Waals surface area contributed by atoms with Gasteiger partial charge in [-0.1, -0.05) is 24.3 Å². The van der Waals surface area contributed by atoms with Crippen molar-refractivity contribution in [1.82, 2.24) is 0 Å². The maximum atomic E-state index is 13.0. The Morgan fingerprint density at radius 1 is 1.19 bits per heavy atom. The van der Waals surface area contributed by atoms with Gasteiger partial charge in [-0.25, -0.2) is 0 Å². The number of ketones is 2. The summed E-state index contributed by atoms with van der Waals surface area (Å²) in [4.78, 5) is 24.9. The number of nitrogens with one attached hydrogen (secondary N) is 1. The van der Waals surface area contributed by atoms with Gasteiger partial charge in [-0.2, -0.15) is 8.42 Å². The van der Waals surface area contributed by atoms with E-state index in [1.807, 2.05) is 0 Å². The molecule has 0 saturated carbocycles. The smallest absolute Gasteiger partial charge is 0.379 e. The van der Waals surface area contributed by atoms with Gasteiger partial charge in [0.25, 0.3) is 10.1 Å². The normalized spacial score (nSPS) is 14.7. The van der Waals surface area contributed by atoms with E-state index >= 15 is 0 Å². The van der Waals surface area contributed by atoms with Gasteiger partial charge in [0.1, 0.15) is 4.90 Å². The second kappa shape index (κ2) is 6.95. The molecule has 0 unspecified atom stereocenters. The van der Waals surface area contributed by atoms with Crippen molar-refractivity contribution in [3.05, 3.63) is 62.6 Å². The zero-order valence-corrected chi connectivity index (χ0v) is 18.9. The molecular weight excluding hydrogens is 445 g/mol. The number of fused-ring (bicyclic) bond motifs is 2. The Morgan fingerprint density at radius 2 is 1.81 bits per heavy atom. The summed E-state index contributed by atoms with van der Waals surface area (Å²) in [5.74, 6) is -0.456. The third kappa shape index (κ3) is 3.04. The van der Waals surface area contributed by atoms with Gasteiger partial charge < -0.3 is 5.32 Å². The summed E-state index contributed by atoms with van der Waals surface area (Å²) in [5.41, 5.74) is 2.74. The minimum atomic E-state index is -4.53. The van der Waals surface area contributed by atoms with E-state index in [2.05, 4.69) is 21.2 Å². The molecule has 0 spiro atoms. The molecule has 0 fully saturated rings. The number of halogens is 1. The van der Waals surface area contributed by atoms with E-state index < -0.39 is 10.1 Å². The van der Waals surface area contributed by atoms with Crippen molar-refractivity contribution in [3.63, 3.8) is 0 Å². The predicted molar refractivity (Wildman–Crippen MR) is 99.0 cm³/mol. The minimum absolute atomic E-state index is 0. The Balaban J connectivity index is 0.00000210. The summed E-state index contributed by atoms with van der Waals surface area (Å²) in [6.07, 6.45) is 0. The molecule has 1 aliphatic carbocycles. The van der Waals surface area contributed by atoms with E-state index in [-0.39, 0.29) is 68.3 Å². The Bertz CT molecular complexity index is 1170. The van der Waals surface area contributed by atoms with Crippen LogP contribution in [0.3, 0.4) is 0 Å². The van der Waals surface area contributed by atoms with Crippen molar-refractivity contribution in [2.24, 2.45) is 0 Å². The van der Waals surface area contributed by atoms with Crippen molar-refractivity contribution in [3.8, 4) is 0 Å². The molecule has 0 amide bonds. The van der Waals surface area contributed by atoms with Gasteiger partial charge in [0.15, 0.2) is 11.6 Å². The van der Waals surface area contributed by atoms with E-state index in [9.17, 15) is 22.6 Å². The average Bonchev–Trinajstić information content (AvgIpc) is 2.58. The fraction of sp³-hybridized carbons (Fsp3) is 0.111. The van der Waals surface area contributed by atoms with E-state index in [1.54, 1.807) is 24.3 Å². The zero-order chi connectivity index (χ0) is 18.8. The number of Topliss-reactive ketones (excluding diaryl/α,β-unsaturated/α-hetero) is 1. The topological polar surface area (TPSA) is 101 Å². The maximum absolute atomic E-state index is 13.0. The van der Waals surface area contributed by atoms with Gasteiger partial charge >= 0.3 is 29.6 Å². The maximum Gasteiger partial charge on any atom is 1.00 e. The van der Waals surface area contributed by atoms with Crippen LogP contribution in [0.15, 0.2) is 45.3 Å². The second-order valence-corrected chi connectivity index (χ2v) is 8.34. The Labute approximate surface area is 186 Å². The van der Waals surface area contributed by atoms with Crippen LogP contribution in [0, 0.1) is 0 Å². The molecule has 0 aromatic heterocycles. The van der Waals surface area contributed by atoms with Crippen molar-refractivity contribution in [1.29, 1.82) is 0 Å². The van der Waals surface area contributed by atoms with E-state index in [1.165, 1.54) is 13.0 Å². The van der Waals surface area contributed by atoms with Crippen LogP contribution >= 0.6 is 15.9 Å². The number of carbonyl (C=O) groups is 2. The van der Waals surface area contributed by atoms with Gasteiger partial charge in [-0.15, -0.1) is 0 Å². The molecule has 9 heteroatoms. The molecular formula is C18H12BrNNaO5S+. The van der Waals surface area contributed by atoms with Crippen LogP contribution in [-0.2, 0) is 14.9 Å². The van der Waals surface area contributed by atoms with E-state index in [0.717, 1.165) is 0 Å². The number of anilines is 1. The third-order valence-corrected chi connectivity index (χ3v) is 6.11. The molecule has 2 aromatic rings. The largest absolute Gasteiger partial charge is 1.00 e. The molecule has 2 aromatic carbocycles. The summed E-state index contributed by atoms with van der Waals surface area (Å²) in [6, 6.07) is 8.11. The van der Waals surface area contributed by atoms with Crippen molar-refractivity contribution in [2.45, 2.75) is 11.8 Å².